The van der Waals surface area contributed by atoms with Crippen molar-refractivity contribution in [2.45, 2.75) is 51.7 Å². The molecule has 0 radical (unpaired) electrons. The van der Waals surface area contributed by atoms with Crippen LogP contribution in [0.1, 0.15) is 71.3 Å². The highest BCUT2D eigenvalue weighted by Crippen LogP contribution is 2.41. The largest absolute Gasteiger partial charge is 0.489 e. The van der Waals surface area contributed by atoms with Gasteiger partial charge < -0.3 is 10.1 Å². The number of carbonyl (C=O) groups is 1. The molecule has 1 aliphatic rings. The standard InChI is InChI=1S/C32H33NO2.ClH/c1-4-31(34)29-18-24(17-16-21(29)2)30-19-25(35-32-15-8-7-13-28(30)32)20-33-22(3)26-14-9-11-23-10-5-6-12-27(23)26;/h5-18,22,25,30,33H,4,19-20H2,1-3H3;1H/t22-,25-,30+;/m1./s1. The first-order chi connectivity index (χ1) is 17.0. The van der Waals surface area contributed by atoms with Gasteiger partial charge in [0.05, 0.1) is 0 Å². The highest BCUT2D eigenvalue weighted by molar-refractivity contribution is 5.97. The normalized spacial score (nSPS) is 17.5. The molecule has 0 spiro atoms. The number of ether oxygens (including phenoxy) is 1. The van der Waals surface area contributed by atoms with Crippen LogP contribution < -0.4 is 10.1 Å². The maximum Gasteiger partial charge on any atom is 0.162 e. The van der Waals surface area contributed by atoms with Crippen LogP contribution in [0.2, 0.25) is 0 Å². The summed E-state index contributed by atoms with van der Waals surface area (Å²) in [7, 11) is 0. The minimum absolute atomic E-state index is 0. The summed E-state index contributed by atoms with van der Waals surface area (Å²) < 4.78 is 6.45. The Morgan fingerprint density at radius 3 is 2.58 bits per heavy atom. The molecule has 4 heteroatoms. The number of nitrogens with one attached hydrogen (secondary N) is 1. The zero-order valence-corrected chi connectivity index (χ0v) is 22.0. The Balaban J connectivity index is 0.00000304. The van der Waals surface area contributed by atoms with E-state index in [1.807, 2.05) is 19.9 Å². The van der Waals surface area contributed by atoms with E-state index in [0.717, 1.165) is 29.8 Å². The van der Waals surface area contributed by atoms with Crippen molar-refractivity contribution in [1.29, 1.82) is 0 Å². The Morgan fingerprint density at radius 1 is 1.00 bits per heavy atom. The molecule has 0 aliphatic carbocycles. The highest BCUT2D eigenvalue weighted by Gasteiger charge is 2.30. The van der Waals surface area contributed by atoms with Gasteiger partial charge in [-0.2, -0.15) is 0 Å². The molecule has 0 aromatic heterocycles. The molecule has 0 fully saturated rings. The number of hydrogen-bond acceptors (Lipinski definition) is 3. The molecule has 3 nitrogen and oxygen atoms in total. The molecular weight excluding hydrogens is 466 g/mol. The molecule has 3 atom stereocenters. The van der Waals surface area contributed by atoms with Gasteiger partial charge in [0, 0.05) is 36.1 Å². The number of Topliss-reactive ketones (excluding diaryl/α,β-unsaturated/α-hetero) is 1. The molecule has 5 rings (SSSR count). The lowest BCUT2D eigenvalue weighted by Gasteiger charge is -2.33. The first kappa shape index (κ1) is 25.9. The monoisotopic (exact) mass is 499 g/mol. The van der Waals surface area contributed by atoms with E-state index in [9.17, 15) is 4.79 Å². The van der Waals surface area contributed by atoms with Crippen LogP contribution in [0.25, 0.3) is 10.8 Å². The summed E-state index contributed by atoms with van der Waals surface area (Å²) in [5.41, 5.74) is 5.58. The molecule has 1 heterocycles. The van der Waals surface area contributed by atoms with E-state index in [1.165, 1.54) is 27.5 Å². The van der Waals surface area contributed by atoms with Crippen molar-refractivity contribution in [1.82, 2.24) is 5.32 Å². The van der Waals surface area contributed by atoms with Crippen LogP contribution in [0.5, 0.6) is 5.75 Å². The second-order valence-corrected chi connectivity index (χ2v) is 9.62. The van der Waals surface area contributed by atoms with Gasteiger partial charge in [0.1, 0.15) is 11.9 Å². The van der Waals surface area contributed by atoms with E-state index in [1.54, 1.807) is 0 Å². The average molecular weight is 500 g/mol. The van der Waals surface area contributed by atoms with Gasteiger partial charge >= 0.3 is 0 Å². The minimum Gasteiger partial charge on any atom is -0.489 e. The number of rotatable bonds is 7. The molecule has 36 heavy (non-hydrogen) atoms. The van der Waals surface area contributed by atoms with Gasteiger partial charge in [-0.15, -0.1) is 12.4 Å². The molecule has 0 amide bonds. The topological polar surface area (TPSA) is 38.3 Å². The average Bonchev–Trinajstić information content (AvgIpc) is 2.90. The van der Waals surface area contributed by atoms with Gasteiger partial charge in [-0.3, -0.25) is 4.79 Å². The van der Waals surface area contributed by atoms with Gasteiger partial charge in [-0.25, -0.2) is 0 Å². The Labute approximate surface area is 220 Å². The molecule has 186 valence electrons. The number of ketones is 1. The van der Waals surface area contributed by atoms with E-state index in [0.29, 0.717) is 6.42 Å². The van der Waals surface area contributed by atoms with E-state index in [-0.39, 0.29) is 36.3 Å². The van der Waals surface area contributed by atoms with Crippen molar-refractivity contribution in [3.63, 3.8) is 0 Å². The Hall–Kier alpha value is -3.14. The Morgan fingerprint density at radius 2 is 1.75 bits per heavy atom. The number of benzene rings is 4. The van der Waals surface area contributed by atoms with Gasteiger partial charge in [-0.05, 0) is 59.9 Å². The Bertz CT molecular complexity index is 1360. The van der Waals surface area contributed by atoms with Gasteiger partial charge in [0.25, 0.3) is 0 Å². The number of para-hydroxylation sites is 1. The summed E-state index contributed by atoms with van der Waals surface area (Å²) in [4.78, 5) is 12.5. The van der Waals surface area contributed by atoms with Crippen molar-refractivity contribution in [2.24, 2.45) is 0 Å². The van der Waals surface area contributed by atoms with Gasteiger partial charge in [0.2, 0.25) is 0 Å². The lowest BCUT2D eigenvalue weighted by molar-refractivity contribution is 0.0987. The summed E-state index contributed by atoms with van der Waals surface area (Å²) in [5, 5.41) is 6.28. The van der Waals surface area contributed by atoms with Crippen molar-refractivity contribution < 1.29 is 9.53 Å². The molecule has 4 aromatic carbocycles. The number of fused-ring (bicyclic) bond motifs is 2. The van der Waals surface area contributed by atoms with Crippen LogP contribution in [-0.2, 0) is 0 Å². The lowest BCUT2D eigenvalue weighted by atomic mass is 9.82. The van der Waals surface area contributed by atoms with E-state index >= 15 is 0 Å². The Kier molecular flexibility index (Phi) is 8.13. The lowest BCUT2D eigenvalue weighted by Crippen LogP contribution is -2.37. The molecule has 0 saturated carbocycles. The number of halogens is 1. The molecule has 0 unspecified atom stereocenters. The SMILES string of the molecule is CCC(=O)c1cc([C@@H]2C[C@H](CN[C@H](C)c3cccc4ccccc34)Oc3ccccc32)ccc1C.Cl. The number of aryl methyl sites for hydroxylation is 1. The van der Waals surface area contributed by atoms with Crippen LogP contribution in [0, 0.1) is 6.92 Å². The van der Waals surface area contributed by atoms with Crippen LogP contribution in [0.15, 0.2) is 84.9 Å². The fraction of sp³-hybridized carbons (Fsp3) is 0.281. The predicted molar refractivity (Wildman–Crippen MR) is 151 cm³/mol. The molecule has 0 saturated heterocycles. The van der Waals surface area contributed by atoms with E-state index in [4.69, 9.17) is 4.74 Å². The maximum atomic E-state index is 12.5. The van der Waals surface area contributed by atoms with Gasteiger partial charge in [-0.1, -0.05) is 79.7 Å². The van der Waals surface area contributed by atoms with Crippen molar-refractivity contribution in [3.8, 4) is 5.75 Å². The third kappa shape index (κ3) is 5.18. The quantitative estimate of drug-likeness (QED) is 0.264. The zero-order valence-electron chi connectivity index (χ0n) is 21.2. The molecule has 1 N–H and O–H groups in total. The summed E-state index contributed by atoms with van der Waals surface area (Å²) in [6.07, 6.45) is 1.43. The zero-order chi connectivity index (χ0) is 24.4. The van der Waals surface area contributed by atoms with E-state index in [2.05, 4.69) is 91.1 Å². The molecule has 0 bridgehead atoms. The van der Waals surface area contributed by atoms with Crippen molar-refractivity contribution in [3.05, 3.63) is 113 Å². The number of hydrogen-bond donors (Lipinski definition) is 1. The third-order valence-corrected chi connectivity index (χ3v) is 7.31. The van der Waals surface area contributed by atoms with Crippen molar-refractivity contribution >= 4 is 29.0 Å². The van der Waals surface area contributed by atoms with Crippen LogP contribution in [0.3, 0.4) is 0 Å². The third-order valence-electron chi connectivity index (χ3n) is 7.31. The van der Waals surface area contributed by atoms with Gasteiger partial charge in [0.15, 0.2) is 5.78 Å². The minimum atomic E-state index is 0. The first-order valence-electron chi connectivity index (χ1n) is 12.7. The fourth-order valence-corrected chi connectivity index (χ4v) is 5.33. The van der Waals surface area contributed by atoms with E-state index < -0.39 is 0 Å². The second-order valence-electron chi connectivity index (χ2n) is 9.62. The maximum absolute atomic E-state index is 12.5. The highest BCUT2D eigenvalue weighted by atomic mass is 35.5. The summed E-state index contributed by atoms with van der Waals surface area (Å²) in [6.45, 7) is 6.92. The smallest absolute Gasteiger partial charge is 0.162 e. The van der Waals surface area contributed by atoms with Crippen molar-refractivity contribution in [2.75, 3.05) is 6.54 Å². The molecule has 4 aromatic rings. The van der Waals surface area contributed by atoms with Crippen LogP contribution in [0.4, 0.5) is 0 Å². The molecular formula is C32H34ClNO2. The second kappa shape index (κ2) is 11.3. The summed E-state index contributed by atoms with van der Waals surface area (Å²) in [5.74, 6) is 1.34. The summed E-state index contributed by atoms with van der Waals surface area (Å²) >= 11 is 0. The molecule has 1 aliphatic heterocycles. The van der Waals surface area contributed by atoms with Crippen LogP contribution >= 0.6 is 12.4 Å². The van der Waals surface area contributed by atoms with Crippen LogP contribution in [-0.4, -0.2) is 18.4 Å². The fourth-order valence-electron chi connectivity index (χ4n) is 5.33. The first-order valence-corrected chi connectivity index (χ1v) is 12.7. The predicted octanol–water partition coefficient (Wildman–Crippen LogP) is 7.80. The summed E-state index contributed by atoms with van der Waals surface area (Å²) in [6, 6.07) is 29.9. The number of carbonyl (C=O) groups excluding carboxylic acids is 1.